The van der Waals surface area contributed by atoms with Crippen molar-refractivity contribution in [1.82, 2.24) is 10.6 Å². The van der Waals surface area contributed by atoms with Gasteiger partial charge in [-0.3, -0.25) is 0 Å². The van der Waals surface area contributed by atoms with E-state index in [0.29, 0.717) is 15.7 Å². The lowest BCUT2D eigenvalue weighted by molar-refractivity contribution is -0.136. The van der Waals surface area contributed by atoms with Crippen LogP contribution >= 0.6 is 15.9 Å². The maximum atomic E-state index is 12.0. The third-order valence-corrected chi connectivity index (χ3v) is 3.88. The standard InChI is InChI=1S/C14H15BrN2O5/c1-6-10(13(19)22-3)11(17-14(20)16-6)7-4-8(15)12(18)9(5-7)21-2/h4-5,11,18H,1-3H3,(H2,16,17,20)/t11-/m1/s1. The first kappa shape index (κ1) is 16.2. The molecule has 1 aromatic carbocycles. The molecular formula is C14H15BrN2O5. The van der Waals surface area contributed by atoms with Crippen molar-refractivity contribution in [3.8, 4) is 11.5 Å². The van der Waals surface area contributed by atoms with Gasteiger partial charge in [-0.1, -0.05) is 0 Å². The van der Waals surface area contributed by atoms with Gasteiger partial charge in [-0.2, -0.15) is 0 Å². The van der Waals surface area contributed by atoms with Crippen LogP contribution in [0, 0.1) is 0 Å². The number of rotatable bonds is 3. The number of ether oxygens (including phenoxy) is 2. The number of amides is 2. The molecule has 22 heavy (non-hydrogen) atoms. The lowest BCUT2D eigenvalue weighted by Crippen LogP contribution is -2.45. The SMILES string of the molecule is COC(=O)C1=C(C)NC(=O)N[C@@H]1c1cc(Br)c(O)c(OC)c1. The highest BCUT2D eigenvalue weighted by Crippen LogP contribution is 2.39. The van der Waals surface area contributed by atoms with E-state index in [-0.39, 0.29) is 17.1 Å². The summed E-state index contributed by atoms with van der Waals surface area (Å²) in [5.74, 6) is -0.399. The third kappa shape index (κ3) is 2.87. The molecule has 0 radical (unpaired) electrons. The molecule has 8 heteroatoms. The van der Waals surface area contributed by atoms with Crippen LogP contribution in [-0.2, 0) is 9.53 Å². The van der Waals surface area contributed by atoms with Crippen LogP contribution in [0.15, 0.2) is 27.9 Å². The number of phenols is 1. The average molecular weight is 371 g/mol. The molecule has 118 valence electrons. The van der Waals surface area contributed by atoms with E-state index in [9.17, 15) is 14.7 Å². The molecule has 0 spiro atoms. The van der Waals surface area contributed by atoms with Crippen molar-refractivity contribution in [2.45, 2.75) is 13.0 Å². The van der Waals surface area contributed by atoms with Gasteiger partial charge in [0.15, 0.2) is 11.5 Å². The largest absolute Gasteiger partial charge is 0.503 e. The van der Waals surface area contributed by atoms with Gasteiger partial charge in [0.1, 0.15) is 0 Å². The number of hydrogen-bond donors (Lipinski definition) is 3. The first-order valence-corrected chi connectivity index (χ1v) is 7.11. The predicted molar refractivity (Wildman–Crippen MR) is 81.5 cm³/mol. The van der Waals surface area contributed by atoms with Crippen LogP contribution in [0.25, 0.3) is 0 Å². The Balaban J connectivity index is 2.58. The summed E-state index contributed by atoms with van der Waals surface area (Å²) in [5.41, 5.74) is 1.25. The Morgan fingerprint density at radius 1 is 1.36 bits per heavy atom. The van der Waals surface area contributed by atoms with Crippen molar-refractivity contribution in [3.63, 3.8) is 0 Å². The Morgan fingerprint density at radius 2 is 2.05 bits per heavy atom. The second-order valence-electron chi connectivity index (χ2n) is 4.62. The number of carbonyl (C=O) groups is 2. The number of hydrogen-bond acceptors (Lipinski definition) is 5. The molecule has 1 aliphatic rings. The predicted octanol–water partition coefficient (Wildman–Crippen LogP) is 1.96. The summed E-state index contributed by atoms with van der Waals surface area (Å²) in [6.45, 7) is 1.62. The highest BCUT2D eigenvalue weighted by Gasteiger charge is 2.32. The maximum Gasteiger partial charge on any atom is 0.337 e. The maximum absolute atomic E-state index is 12.0. The molecular weight excluding hydrogens is 356 g/mol. The minimum Gasteiger partial charge on any atom is -0.503 e. The summed E-state index contributed by atoms with van der Waals surface area (Å²) in [5, 5.41) is 15.1. The molecule has 0 unspecified atom stereocenters. The Bertz CT molecular complexity index is 671. The fraction of sp³-hybridized carbons (Fsp3) is 0.286. The number of phenolic OH excluding ortho intramolecular Hbond substituents is 1. The van der Waals surface area contributed by atoms with E-state index in [0.717, 1.165) is 0 Å². The van der Waals surface area contributed by atoms with Crippen LogP contribution in [0.3, 0.4) is 0 Å². The van der Waals surface area contributed by atoms with E-state index in [1.165, 1.54) is 14.2 Å². The van der Waals surface area contributed by atoms with E-state index in [4.69, 9.17) is 9.47 Å². The van der Waals surface area contributed by atoms with Crippen LogP contribution in [0.1, 0.15) is 18.5 Å². The Hall–Kier alpha value is -2.22. The summed E-state index contributed by atoms with van der Waals surface area (Å²) in [6.07, 6.45) is 0. The molecule has 0 fully saturated rings. The molecule has 0 aromatic heterocycles. The molecule has 0 aliphatic carbocycles. The van der Waals surface area contributed by atoms with Gasteiger partial charge >= 0.3 is 12.0 Å². The number of benzene rings is 1. The van der Waals surface area contributed by atoms with Gasteiger partial charge in [0.05, 0.1) is 30.3 Å². The van der Waals surface area contributed by atoms with Crippen LogP contribution in [-0.4, -0.2) is 31.3 Å². The second-order valence-corrected chi connectivity index (χ2v) is 5.47. The molecule has 7 nitrogen and oxygen atoms in total. The molecule has 1 aliphatic heterocycles. The summed E-state index contributed by atoms with van der Waals surface area (Å²) in [4.78, 5) is 23.7. The highest BCUT2D eigenvalue weighted by molar-refractivity contribution is 9.10. The van der Waals surface area contributed by atoms with Gasteiger partial charge in [0.25, 0.3) is 0 Å². The smallest absolute Gasteiger partial charge is 0.337 e. The molecule has 1 atom stereocenters. The van der Waals surface area contributed by atoms with Gasteiger partial charge < -0.3 is 25.2 Å². The normalized spacial score (nSPS) is 17.6. The van der Waals surface area contributed by atoms with Gasteiger partial charge in [-0.25, -0.2) is 9.59 Å². The van der Waals surface area contributed by atoms with Crippen molar-refractivity contribution in [1.29, 1.82) is 0 Å². The summed E-state index contributed by atoms with van der Waals surface area (Å²) < 4.78 is 10.3. The van der Waals surface area contributed by atoms with Gasteiger partial charge in [0.2, 0.25) is 0 Å². The Morgan fingerprint density at radius 3 is 2.64 bits per heavy atom. The molecule has 0 saturated heterocycles. The zero-order valence-corrected chi connectivity index (χ0v) is 13.8. The minimum absolute atomic E-state index is 0.0631. The lowest BCUT2D eigenvalue weighted by Gasteiger charge is -2.28. The zero-order valence-electron chi connectivity index (χ0n) is 12.2. The summed E-state index contributed by atoms with van der Waals surface area (Å²) in [7, 11) is 2.68. The third-order valence-electron chi connectivity index (χ3n) is 3.28. The lowest BCUT2D eigenvalue weighted by atomic mass is 9.95. The molecule has 2 amide bonds. The van der Waals surface area contributed by atoms with Crippen molar-refractivity contribution >= 4 is 27.9 Å². The van der Waals surface area contributed by atoms with Crippen LogP contribution in [0.2, 0.25) is 0 Å². The van der Waals surface area contributed by atoms with Gasteiger partial charge in [0, 0.05) is 5.70 Å². The fourth-order valence-corrected chi connectivity index (χ4v) is 2.70. The topological polar surface area (TPSA) is 96.9 Å². The number of aromatic hydroxyl groups is 1. The highest BCUT2D eigenvalue weighted by atomic mass is 79.9. The first-order valence-electron chi connectivity index (χ1n) is 6.32. The summed E-state index contributed by atoms with van der Waals surface area (Å²) >= 11 is 3.22. The number of nitrogens with one attached hydrogen (secondary N) is 2. The second kappa shape index (κ2) is 6.27. The van der Waals surface area contributed by atoms with Crippen LogP contribution < -0.4 is 15.4 Å². The Kier molecular flexibility index (Phi) is 4.60. The number of urea groups is 1. The monoisotopic (exact) mass is 370 g/mol. The van der Waals surface area contributed by atoms with Crippen molar-refractivity contribution < 1.29 is 24.2 Å². The van der Waals surface area contributed by atoms with Crippen molar-refractivity contribution in [2.24, 2.45) is 0 Å². The molecule has 3 N–H and O–H groups in total. The number of carbonyl (C=O) groups excluding carboxylic acids is 2. The van der Waals surface area contributed by atoms with Crippen molar-refractivity contribution in [3.05, 3.63) is 33.4 Å². The van der Waals surface area contributed by atoms with E-state index < -0.39 is 18.0 Å². The quantitative estimate of drug-likeness (QED) is 0.706. The molecule has 0 bridgehead atoms. The number of halogens is 1. The summed E-state index contributed by atoms with van der Waals surface area (Å²) in [6, 6.07) is 2.00. The fourth-order valence-electron chi connectivity index (χ4n) is 2.24. The average Bonchev–Trinajstić information content (AvgIpc) is 2.48. The van der Waals surface area contributed by atoms with E-state index in [1.54, 1.807) is 19.1 Å². The number of esters is 1. The zero-order chi connectivity index (χ0) is 16.4. The van der Waals surface area contributed by atoms with Crippen LogP contribution in [0.5, 0.6) is 11.5 Å². The van der Waals surface area contributed by atoms with Crippen molar-refractivity contribution in [2.75, 3.05) is 14.2 Å². The Labute approximate surface area is 135 Å². The van der Waals surface area contributed by atoms with E-state index >= 15 is 0 Å². The van der Waals surface area contributed by atoms with Gasteiger partial charge in [-0.15, -0.1) is 0 Å². The minimum atomic E-state index is -0.716. The number of allylic oxidation sites excluding steroid dienone is 1. The molecule has 2 rings (SSSR count). The van der Waals surface area contributed by atoms with E-state index in [2.05, 4.69) is 26.6 Å². The molecule has 1 aromatic rings. The van der Waals surface area contributed by atoms with Crippen LogP contribution in [0.4, 0.5) is 4.79 Å². The molecule has 1 heterocycles. The van der Waals surface area contributed by atoms with E-state index in [1.807, 2.05) is 0 Å². The molecule has 0 saturated carbocycles. The first-order chi connectivity index (χ1) is 10.4. The van der Waals surface area contributed by atoms with Gasteiger partial charge in [-0.05, 0) is 40.5 Å². The number of methoxy groups -OCH3 is 2.